The number of aromatic nitrogens is 1. The van der Waals surface area contributed by atoms with E-state index in [9.17, 15) is 22.8 Å². The first kappa shape index (κ1) is 17.9. The third-order valence-electron chi connectivity index (χ3n) is 3.11. The van der Waals surface area contributed by atoms with Crippen molar-refractivity contribution in [3.63, 3.8) is 0 Å². The van der Waals surface area contributed by atoms with Crippen LogP contribution in [0.15, 0.2) is 29.6 Å². The van der Waals surface area contributed by atoms with E-state index in [0.717, 1.165) is 17.4 Å². The van der Waals surface area contributed by atoms with Crippen LogP contribution < -0.4 is 5.32 Å². The van der Waals surface area contributed by atoms with Crippen molar-refractivity contribution < 1.29 is 27.9 Å². The van der Waals surface area contributed by atoms with Crippen molar-refractivity contribution in [2.45, 2.75) is 19.0 Å². The Labute approximate surface area is 139 Å². The molecule has 5 nitrogen and oxygen atoms in total. The number of rotatable bonds is 6. The summed E-state index contributed by atoms with van der Waals surface area (Å²) in [7, 11) is 0. The quantitative estimate of drug-likeness (QED) is 0.832. The Morgan fingerprint density at radius 1 is 1.25 bits per heavy atom. The fraction of sp³-hybridized carbons (Fsp3) is 0.267. The number of thiazole rings is 1. The number of carboxylic acid groups (broad SMARTS) is 1. The number of nitrogens with one attached hydrogen (secondary N) is 1. The number of benzene rings is 1. The molecule has 0 unspecified atom stereocenters. The summed E-state index contributed by atoms with van der Waals surface area (Å²) in [5.74, 6) is -1.67. The molecule has 1 amide bonds. The van der Waals surface area contributed by atoms with Gasteiger partial charge in [-0.1, -0.05) is 18.2 Å². The van der Waals surface area contributed by atoms with Gasteiger partial charge in [0.1, 0.15) is 0 Å². The van der Waals surface area contributed by atoms with Gasteiger partial charge in [0.05, 0.1) is 17.0 Å². The van der Waals surface area contributed by atoms with Crippen molar-refractivity contribution in [2.24, 2.45) is 0 Å². The molecule has 1 aromatic heterocycles. The first-order valence-electron chi connectivity index (χ1n) is 6.87. The van der Waals surface area contributed by atoms with Crippen LogP contribution in [-0.2, 0) is 23.8 Å². The minimum atomic E-state index is -4.51. The second-order valence-electron chi connectivity index (χ2n) is 4.86. The molecule has 0 saturated carbocycles. The molecule has 2 rings (SSSR count). The molecular weight excluding hydrogens is 345 g/mol. The topological polar surface area (TPSA) is 79.3 Å². The van der Waals surface area contributed by atoms with Gasteiger partial charge in [-0.25, -0.2) is 9.78 Å². The van der Waals surface area contributed by atoms with Crippen molar-refractivity contribution in [2.75, 3.05) is 6.54 Å². The van der Waals surface area contributed by atoms with Crippen LogP contribution in [0, 0.1) is 0 Å². The molecule has 0 aliphatic heterocycles. The van der Waals surface area contributed by atoms with Gasteiger partial charge in [0.25, 0.3) is 0 Å². The molecule has 0 bridgehead atoms. The monoisotopic (exact) mass is 358 g/mol. The zero-order valence-corrected chi connectivity index (χ0v) is 13.1. The van der Waals surface area contributed by atoms with Crippen molar-refractivity contribution in [3.05, 3.63) is 51.5 Å². The summed E-state index contributed by atoms with van der Waals surface area (Å²) in [5.41, 5.74) is -0.989. The first-order valence-corrected chi connectivity index (χ1v) is 7.75. The minimum Gasteiger partial charge on any atom is -0.476 e. The number of aromatic carboxylic acids is 1. The average molecular weight is 358 g/mol. The lowest BCUT2D eigenvalue weighted by atomic mass is 10.0. The normalized spacial score (nSPS) is 11.3. The zero-order chi connectivity index (χ0) is 17.7. The maximum atomic E-state index is 12.9. The molecule has 1 heterocycles. The summed E-state index contributed by atoms with van der Waals surface area (Å²) in [6.45, 7) is 0.166. The van der Waals surface area contributed by atoms with Gasteiger partial charge in [-0.15, -0.1) is 11.3 Å². The lowest BCUT2D eigenvalue weighted by Crippen LogP contribution is -2.28. The van der Waals surface area contributed by atoms with Gasteiger partial charge in [0.2, 0.25) is 5.91 Å². The number of amides is 1. The van der Waals surface area contributed by atoms with Crippen LogP contribution in [0.25, 0.3) is 0 Å². The molecule has 0 aliphatic carbocycles. The SMILES string of the molecule is O=C(Cc1ccccc1C(F)(F)F)NCCc1nc(C(=O)O)cs1. The second kappa shape index (κ2) is 7.43. The summed E-state index contributed by atoms with van der Waals surface area (Å²) in [6, 6.07) is 4.92. The van der Waals surface area contributed by atoms with E-state index in [2.05, 4.69) is 10.3 Å². The number of hydrogen-bond donors (Lipinski definition) is 2. The van der Waals surface area contributed by atoms with Crippen molar-refractivity contribution >= 4 is 23.2 Å². The third-order valence-corrected chi connectivity index (χ3v) is 4.01. The van der Waals surface area contributed by atoms with E-state index in [1.54, 1.807) is 0 Å². The Hall–Kier alpha value is -2.42. The summed E-state index contributed by atoms with van der Waals surface area (Å²) in [5, 5.41) is 13.2. The molecular formula is C15H13F3N2O3S. The number of hydrogen-bond acceptors (Lipinski definition) is 4. The predicted octanol–water partition coefficient (Wildman–Crippen LogP) is 2.76. The molecule has 2 aromatic rings. The van der Waals surface area contributed by atoms with E-state index in [4.69, 9.17) is 5.11 Å². The molecule has 0 spiro atoms. The van der Waals surface area contributed by atoms with E-state index < -0.39 is 23.6 Å². The van der Waals surface area contributed by atoms with E-state index in [0.29, 0.717) is 11.4 Å². The number of carbonyl (C=O) groups is 2. The Kier molecular flexibility index (Phi) is 5.55. The zero-order valence-electron chi connectivity index (χ0n) is 12.3. The molecule has 0 fully saturated rings. The summed E-state index contributed by atoms with van der Waals surface area (Å²) in [6.07, 6.45) is -4.58. The fourth-order valence-electron chi connectivity index (χ4n) is 2.02. The number of carbonyl (C=O) groups excluding carboxylic acids is 1. The number of carboxylic acids is 1. The van der Waals surface area contributed by atoms with Crippen LogP contribution >= 0.6 is 11.3 Å². The van der Waals surface area contributed by atoms with Gasteiger partial charge >= 0.3 is 12.1 Å². The first-order chi connectivity index (χ1) is 11.3. The second-order valence-corrected chi connectivity index (χ2v) is 5.81. The summed E-state index contributed by atoms with van der Waals surface area (Å²) < 4.78 is 38.6. The van der Waals surface area contributed by atoms with Gasteiger partial charge in [-0.2, -0.15) is 13.2 Å². The molecule has 0 radical (unpaired) electrons. The molecule has 9 heteroatoms. The predicted molar refractivity (Wildman–Crippen MR) is 80.9 cm³/mol. The maximum Gasteiger partial charge on any atom is 0.416 e. The smallest absolute Gasteiger partial charge is 0.416 e. The Balaban J connectivity index is 1.89. The highest BCUT2D eigenvalue weighted by Gasteiger charge is 2.33. The van der Waals surface area contributed by atoms with Crippen LogP contribution in [0.1, 0.15) is 26.6 Å². The summed E-state index contributed by atoms with van der Waals surface area (Å²) in [4.78, 5) is 26.4. The Morgan fingerprint density at radius 2 is 1.96 bits per heavy atom. The summed E-state index contributed by atoms with van der Waals surface area (Å²) >= 11 is 1.15. The Bertz CT molecular complexity index is 744. The van der Waals surface area contributed by atoms with Crippen molar-refractivity contribution in [1.29, 1.82) is 0 Å². The van der Waals surface area contributed by atoms with Crippen LogP contribution in [0.4, 0.5) is 13.2 Å². The molecule has 0 saturated heterocycles. The standard InChI is InChI=1S/C15H13F3N2O3S/c16-15(17,18)10-4-2-1-3-9(10)7-12(21)19-6-5-13-20-11(8-24-13)14(22)23/h1-4,8H,5-7H2,(H,19,21)(H,22,23). The average Bonchev–Trinajstić information content (AvgIpc) is 2.96. The van der Waals surface area contributed by atoms with Gasteiger partial charge in [-0.3, -0.25) is 4.79 Å². The van der Waals surface area contributed by atoms with E-state index in [1.165, 1.54) is 23.6 Å². The lowest BCUT2D eigenvalue weighted by Gasteiger charge is -2.12. The van der Waals surface area contributed by atoms with E-state index >= 15 is 0 Å². The van der Waals surface area contributed by atoms with Crippen molar-refractivity contribution in [3.8, 4) is 0 Å². The van der Waals surface area contributed by atoms with Gasteiger partial charge in [0, 0.05) is 18.3 Å². The molecule has 0 atom stereocenters. The minimum absolute atomic E-state index is 0.0690. The van der Waals surface area contributed by atoms with E-state index in [-0.39, 0.29) is 24.2 Å². The Morgan fingerprint density at radius 3 is 2.58 bits per heavy atom. The molecule has 2 N–H and O–H groups in total. The van der Waals surface area contributed by atoms with Crippen LogP contribution in [0.3, 0.4) is 0 Å². The van der Waals surface area contributed by atoms with E-state index in [1.807, 2.05) is 0 Å². The van der Waals surface area contributed by atoms with Crippen molar-refractivity contribution in [1.82, 2.24) is 10.3 Å². The van der Waals surface area contributed by atoms with Gasteiger partial charge in [0.15, 0.2) is 5.69 Å². The van der Waals surface area contributed by atoms with Gasteiger partial charge in [-0.05, 0) is 11.6 Å². The fourth-order valence-corrected chi connectivity index (χ4v) is 2.79. The van der Waals surface area contributed by atoms with Crippen LogP contribution in [-0.4, -0.2) is 28.5 Å². The number of nitrogens with zero attached hydrogens (tertiary/aromatic N) is 1. The highest BCUT2D eigenvalue weighted by Crippen LogP contribution is 2.31. The third kappa shape index (κ3) is 4.79. The molecule has 0 aliphatic rings. The largest absolute Gasteiger partial charge is 0.476 e. The number of halogens is 3. The highest BCUT2D eigenvalue weighted by atomic mass is 32.1. The molecule has 1 aromatic carbocycles. The number of alkyl halides is 3. The highest BCUT2D eigenvalue weighted by molar-refractivity contribution is 7.09. The van der Waals surface area contributed by atoms with Gasteiger partial charge < -0.3 is 10.4 Å². The lowest BCUT2D eigenvalue weighted by molar-refractivity contribution is -0.138. The van der Waals surface area contributed by atoms with Crippen LogP contribution in [0.2, 0.25) is 0 Å². The van der Waals surface area contributed by atoms with Crippen LogP contribution in [0.5, 0.6) is 0 Å². The molecule has 24 heavy (non-hydrogen) atoms. The maximum absolute atomic E-state index is 12.9. The molecule has 128 valence electrons.